The van der Waals surface area contributed by atoms with Crippen LogP contribution >= 0.6 is 0 Å². The molecule has 0 aromatic heterocycles. The van der Waals surface area contributed by atoms with Gasteiger partial charge in [0.15, 0.2) is 0 Å². The molecule has 2 unspecified atom stereocenters. The van der Waals surface area contributed by atoms with Crippen molar-refractivity contribution in [3.05, 3.63) is 29.8 Å². The molecule has 0 heterocycles. The molecule has 0 amide bonds. The van der Waals surface area contributed by atoms with E-state index in [9.17, 15) is 0 Å². The van der Waals surface area contributed by atoms with E-state index in [1.165, 1.54) is 18.4 Å². The lowest BCUT2D eigenvalue weighted by molar-refractivity contribution is 0.372. The highest BCUT2D eigenvalue weighted by Crippen LogP contribution is 2.27. The first-order chi connectivity index (χ1) is 9.08. The number of methoxy groups -OCH3 is 1. The summed E-state index contributed by atoms with van der Waals surface area (Å²) >= 11 is 0. The molecule has 1 aromatic carbocycles. The van der Waals surface area contributed by atoms with Gasteiger partial charge in [0.2, 0.25) is 0 Å². The average molecular weight is 263 g/mol. The maximum atomic E-state index is 5.47. The predicted molar refractivity (Wildman–Crippen MR) is 82.7 cm³/mol. The SMILES string of the molecule is CCC(NC(C)CCC(C)C)c1ccccc1OC. The first-order valence-electron chi connectivity index (χ1n) is 7.47. The van der Waals surface area contributed by atoms with Gasteiger partial charge in [-0.25, -0.2) is 0 Å². The van der Waals surface area contributed by atoms with Crippen molar-refractivity contribution in [3.63, 3.8) is 0 Å². The lowest BCUT2D eigenvalue weighted by Gasteiger charge is -2.24. The van der Waals surface area contributed by atoms with E-state index in [0.717, 1.165) is 18.1 Å². The fraction of sp³-hybridized carbons (Fsp3) is 0.647. The molecule has 1 rings (SSSR count). The van der Waals surface area contributed by atoms with E-state index in [0.29, 0.717) is 12.1 Å². The van der Waals surface area contributed by atoms with E-state index in [-0.39, 0.29) is 0 Å². The Hall–Kier alpha value is -1.02. The molecule has 0 aliphatic rings. The lowest BCUT2D eigenvalue weighted by Crippen LogP contribution is -2.30. The van der Waals surface area contributed by atoms with Crippen LogP contribution in [0.15, 0.2) is 24.3 Å². The van der Waals surface area contributed by atoms with Gasteiger partial charge in [-0.05, 0) is 38.2 Å². The van der Waals surface area contributed by atoms with E-state index < -0.39 is 0 Å². The quantitative estimate of drug-likeness (QED) is 0.742. The van der Waals surface area contributed by atoms with Crippen LogP contribution in [0.4, 0.5) is 0 Å². The zero-order valence-electron chi connectivity index (χ0n) is 13.1. The molecule has 0 radical (unpaired) electrons. The van der Waals surface area contributed by atoms with Crippen molar-refractivity contribution in [2.24, 2.45) is 5.92 Å². The van der Waals surface area contributed by atoms with Gasteiger partial charge in [0.1, 0.15) is 5.75 Å². The second-order valence-corrected chi connectivity index (χ2v) is 5.74. The first kappa shape index (κ1) is 16.0. The van der Waals surface area contributed by atoms with Gasteiger partial charge >= 0.3 is 0 Å². The third-order valence-corrected chi connectivity index (χ3v) is 3.59. The van der Waals surface area contributed by atoms with Gasteiger partial charge in [-0.15, -0.1) is 0 Å². The van der Waals surface area contributed by atoms with Gasteiger partial charge in [0.05, 0.1) is 7.11 Å². The summed E-state index contributed by atoms with van der Waals surface area (Å²) in [6.45, 7) is 9.06. The first-order valence-corrected chi connectivity index (χ1v) is 7.47. The Morgan fingerprint density at radius 2 is 1.79 bits per heavy atom. The van der Waals surface area contributed by atoms with Crippen LogP contribution in [0, 0.1) is 5.92 Å². The van der Waals surface area contributed by atoms with Crippen LogP contribution in [0.25, 0.3) is 0 Å². The van der Waals surface area contributed by atoms with Gasteiger partial charge < -0.3 is 10.1 Å². The number of rotatable bonds is 8. The van der Waals surface area contributed by atoms with E-state index >= 15 is 0 Å². The van der Waals surface area contributed by atoms with Gasteiger partial charge in [-0.2, -0.15) is 0 Å². The van der Waals surface area contributed by atoms with Crippen LogP contribution in [0.2, 0.25) is 0 Å². The Morgan fingerprint density at radius 1 is 1.11 bits per heavy atom. The Balaban J connectivity index is 2.67. The fourth-order valence-corrected chi connectivity index (χ4v) is 2.39. The van der Waals surface area contributed by atoms with Crippen LogP contribution in [0.5, 0.6) is 5.75 Å². The molecule has 0 saturated carbocycles. The average Bonchev–Trinajstić information content (AvgIpc) is 2.42. The maximum absolute atomic E-state index is 5.47. The van der Waals surface area contributed by atoms with E-state index in [1.807, 2.05) is 12.1 Å². The number of hydrogen-bond acceptors (Lipinski definition) is 2. The summed E-state index contributed by atoms with van der Waals surface area (Å²) in [6, 6.07) is 9.22. The van der Waals surface area contributed by atoms with Crippen molar-refractivity contribution in [1.82, 2.24) is 5.32 Å². The molecule has 0 bridgehead atoms. The number of nitrogens with one attached hydrogen (secondary N) is 1. The summed E-state index contributed by atoms with van der Waals surface area (Å²) in [5, 5.41) is 3.73. The standard InChI is InChI=1S/C17H29NO/c1-6-16(18-14(4)12-11-13(2)3)15-9-7-8-10-17(15)19-5/h7-10,13-14,16,18H,6,11-12H2,1-5H3. The van der Waals surface area contributed by atoms with Crippen molar-refractivity contribution < 1.29 is 4.74 Å². The van der Waals surface area contributed by atoms with Gasteiger partial charge in [-0.3, -0.25) is 0 Å². The molecule has 0 aliphatic carbocycles. The Kier molecular flexibility index (Phi) is 6.93. The molecule has 2 nitrogen and oxygen atoms in total. The summed E-state index contributed by atoms with van der Waals surface area (Å²) in [7, 11) is 1.74. The third-order valence-electron chi connectivity index (χ3n) is 3.59. The molecule has 0 spiro atoms. The molecule has 2 heteroatoms. The topological polar surface area (TPSA) is 21.3 Å². The number of hydrogen-bond donors (Lipinski definition) is 1. The molecule has 0 fully saturated rings. The molecular formula is C17H29NO. The normalized spacial score (nSPS) is 14.4. The highest BCUT2D eigenvalue weighted by Gasteiger charge is 2.16. The summed E-state index contributed by atoms with van der Waals surface area (Å²) in [5.74, 6) is 1.76. The van der Waals surface area contributed by atoms with E-state index in [1.54, 1.807) is 7.11 Å². The lowest BCUT2D eigenvalue weighted by atomic mass is 9.99. The Morgan fingerprint density at radius 3 is 2.37 bits per heavy atom. The second kappa shape index (κ2) is 8.21. The summed E-state index contributed by atoms with van der Waals surface area (Å²) in [6.07, 6.45) is 3.58. The fourth-order valence-electron chi connectivity index (χ4n) is 2.39. The molecule has 0 saturated heterocycles. The second-order valence-electron chi connectivity index (χ2n) is 5.74. The van der Waals surface area contributed by atoms with Crippen LogP contribution < -0.4 is 10.1 Å². The zero-order chi connectivity index (χ0) is 14.3. The number of benzene rings is 1. The maximum Gasteiger partial charge on any atom is 0.123 e. The largest absolute Gasteiger partial charge is 0.496 e. The van der Waals surface area contributed by atoms with Crippen LogP contribution in [-0.4, -0.2) is 13.2 Å². The van der Waals surface area contributed by atoms with Gasteiger partial charge in [0, 0.05) is 17.6 Å². The minimum Gasteiger partial charge on any atom is -0.496 e. The molecule has 1 aromatic rings. The number of ether oxygens (including phenoxy) is 1. The monoisotopic (exact) mass is 263 g/mol. The molecule has 2 atom stereocenters. The summed E-state index contributed by atoms with van der Waals surface area (Å²) in [4.78, 5) is 0. The van der Waals surface area contributed by atoms with Crippen LogP contribution in [0.1, 0.15) is 58.6 Å². The summed E-state index contributed by atoms with van der Waals surface area (Å²) < 4.78 is 5.47. The van der Waals surface area contributed by atoms with Crippen molar-refractivity contribution >= 4 is 0 Å². The molecule has 108 valence electrons. The smallest absolute Gasteiger partial charge is 0.123 e. The van der Waals surface area contributed by atoms with Crippen molar-refractivity contribution in [1.29, 1.82) is 0 Å². The highest BCUT2D eigenvalue weighted by atomic mass is 16.5. The van der Waals surface area contributed by atoms with Gasteiger partial charge in [0.25, 0.3) is 0 Å². The highest BCUT2D eigenvalue weighted by molar-refractivity contribution is 5.35. The predicted octanol–water partition coefficient (Wildman–Crippen LogP) is 4.56. The third kappa shape index (κ3) is 5.23. The van der Waals surface area contributed by atoms with Gasteiger partial charge in [-0.1, -0.05) is 39.0 Å². The van der Waals surface area contributed by atoms with E-state index in [2.05, 4.69) is 45.1 Å². The molecular weight excluding hydrogens is 234 g/mol. The number of para-hydroxylation sites is 1. The summed E-state index contributed by atoms with van der Waals surface area (Å²) in [5.41, 5.74) is 1.27. The molecule has 0 aliphatic heterocycles. The zero-order valence-corrected chi connectivity index (χ0v) is 13.1. The minimum atomic E-state index is 0.373. The Labute approximate surface area is 118 Å². The van der Waals surface area contributed by atoms with Crippen molar-refractivity contribution in [2.45, 2.75) is 59.0 Å². The van der Waals surface area contributed by atoms with Crippen molar-refractivity contribution in [2.75, 3.05) is 7.11 Å². The molecule has 1 N–H and O–H groups in total. The van der Waals surface area contributed by atoms with Crippen LogP contribution in [-0.2, 0) is 0 Å². The minimum absolute atomic E-state index is 0.373. The van der Waals surface area contributed by atoms with Crippen LogP contribution in [0.3, 0.4) is 0 Å². The Bertz CT molecular complexity index is 362. The van der Waals surface area contributed by atoms with E-state index in [4.69, 9.17) is 4.74 Å². The molecule has 19 heavy (non-hydrogen) atoms. The van der Waals surface area contributed by atoms with Crippen molar-refractivity contribution in [3.8, 4) is 5.75 Å².